The van der Waals surface area contributed by atoms with Crippen LogP contribution in [-0.2, 0) is 17.8 Å². The smallest absolute Gasteiger partial charge is 0.0795 e. The fourth-order valence-corrected chi connectivity index (χ4v) is 2.19. The van der Waals surface area contributed by atoms with E-state index in [9.17, 15) is 0 Å². The highest BCUT2D eigenvalue weighted by Crippen LogP contribution is 2.08. The van der Waals surface area contributed by atoms with Gasteiger partial charge in [-0.2, -0.15) is 0 Å². The minimum Gasteiger partial charge on any atom is -0.383 e. The van der Waals surface area contributed by atoms with Crippen molar-refractivity contribution >= 4 is 11.3 Å². The van der Waals surface area contributed by atoms with Gasteiger partial charge in [0.2, 0.25) is 0 Å². The van der Waals surface area contributed by atoms with Gasteiger partial charge in [0.1, 0.15) is 0 Å². The fraction of sp³-hybridized carbons (Fsp3) is 0.417. The van der Waals surface area contributed by atoms with Crippen LogP contribution in [0.1, 0.15) is 11.4 Å². The van der Waals surface area contributed by atoms with E-state index in [1.165, 1.54) is 5.69 Å². The van der Waals surface area contributed by atoms with E-state index in [0.717, 1.165) is 31.9 Å². The zero-order valence-corrected chi connectivity index (χ0v) is 10.7. The van der Waals surface area contributed by atoms with E-state index in [1.54, 1.807) is 18.4 Å². The van der Waals surface area contributed by atoms with Gasteiger partial charge in [0.05, 0.1) is 24.4 Å². The molecule has 0 aromatic carbocycles. The summed E-state index contributed by atoms with van der Waals surface area (Å²) in [6, 6.07) is 4.20. The van der Waals surface area contributed by atoms with Crippen molar-refractivity contribution in [3.05, 3.63) is 40.6 Å². The topological polar surface area (TPSA) is 39.1 Å². The molecular formula is C12H17N3OS. The number of rotatable bonds is 7. The third kappa shape index (κ3) is 3.66. The lowest BCUT2D eigenvalue weighted by Crippen LogP contribution is -2.20. The second-order valence-corrected chi connectivity index (χ2v) is 4.50. The molecule has 0 bridgehead atoms. The molecule has 0 fully saturated rings. The summed E-state index contributed by atoms with van der Waals surface area (Å²) in [6.45, 7) is 3.32. The van der Waals surface area contributed by atoms with E-state index < -0.39 is 0 Å². The van der Waals surface area contributed by atoms with Crippen LogP contribution in [0.4, 0.5) is 0 Å². The largest absolute Gasteiger partial charge is 0.383 e. The molecule has 2 aromatic rings. The van der Waals surface area contributed by atoms with Gasteiger partial charge in [-0.05, 0) is 12.1 Å². The first-order valence-corrected chi connectivity index (χ1v) is 6.55. The van der Waals surface area contributed by atoms with Crippen LogP contribution in [0.5, 0.6) is 0 Å². The van der Waals surface area contributed by atoms with Gasteiger partial charge in [-0.1, -0.05) is 0 Å². The molecule has 0 atom stereocenters. The van der Waals surface area contributed by atoms with Crippen molar-refractivity contribution in [2.24, 2.45) is 0 Å². The highest BCUT2D eigenvalue weighted by molar-refractivity contribution is 7.07. The minimum absolute atomic E-state index is 0.743. The first kappa shape index (κ1) is 12.3. The summed E-state index contributed by atoms with van der Waals surface area (Å²) in [5.74, 6) is 0. The Kier molecular flexibility index (Phi) is 4.73. The van der Waals surface area contributed by atoms with Crippen LogP contribution in [0.15, 0.2) is 29.2 Å². The summed E-state index contributed by atoms with van der Waals surface area (Å²) < 4.78 is 7.22. The highest BCUT2D eigenvalue weighted by atomic mass is 32.1. The average Bonchev–Trinajstić information content (AvgIpc) is 2.97. The van der Waals surface area contributed by atoms with Crippen molar-refractivity contribution in [2.45, 2.75) is 13.1 Å². The number of aromatic nitrogens is 2. The number of thiazole rings is 1. The number of nitrogens with one attached hydrogen (secondary N) is 1. The Morgan fingerprint density at radius 2 is 2.47 bits per heavy atom. The Labute approximate surface area is 105 Å². The molecule has 92 valence electrons. The van der Waals surface area contributed by atoms with Gasteiger partial charge in [0.25, 0.3) is 0 Å². The molecule has 0 amide bonds. The van der Waals surface area contributed by atoms with Crippen LogP contribution in [0.2, 0.25) is 0 Å². The van der Waals surface area contributed by atoms with Crippen molar-refractivity contribution in [1.29, 1.82) is 0 Å². The second kappa shape index (κ2) is 6.54. The number of hydrogen-bond acceptors (Lipinski definition) is 4. The molecular weight excluding hydrogens is 234 g/mol. The zero-order chi connectivity index (χ0) is 11.9. The summed E-state index contributed by atoms with van der Waals surface area (Å²) in [5, 5.41) is 5.43. The Morgan fingerprint density at radius 3 is 3.24 bits per heavy atom. The first-order valence-electron chi connectivity index (χ1n) is 5.61. The van der Waals surface area contributed by atoms with Crippen LogP contribution >= 0.6 is 11.3 Å². The standard InChI is InChI=1S/C12H17N3OS/c1-16-6-4-13-7-12-3-2-5-15(12)8-11-9-17-10-14-11/h2-3,5,9-10,13H,4,6-8H2,1H3. The summed E-state index contributed by atoms with van der Waals surface area (Å²) in [7, 11) is 1.71. The van der Waals surface area contributed by atoms with Crippen molar-refractivity contribution in [1.82, 2.24) is 14.9 Å². The summed E-state index contributed by atoms with van der Waals surface area (Å²) in [5.41, 5.74) is 4.26. The third-order valence-corrected chi connectivity index (χ3v) is 3.16. The quantitative estimate of drug-likeness (QED) is 0.762. The summed E-state index contributed by atoms with van der Waals surface area (Å²) in [4.78, 5) is 4.30. The Balaban J connectivity index is 1.88. The minimum atomic E-state index is 0.743. The molecule has 4 nitrogen and oxygen atoms in total. The van der Waals surface area contributed by atoms with Crippen LogP contribution in [0.25, 0.3) is 0 Å². The van der Waals surface area contributed by atoms with Gasteiger partial charge in [0.15, 0.2) is 0 Å². The molecule has 2 heterocycles. The van der Waals surface area contributed by atoms with E-state index in [2.05, 4.69) is 38.6 Å². The van der Waals surface area contributed by atoms with Crippen molar-refractivity contribution in [3.63, 3.8) is 0 Å². The van der Waals surface area contributed by atoms with Crippen LogP contribution < -0.4 is 5.32 Å². The maximum atomic E-state index is 5.00. The lowest BCUT2D eigenvalue weighted by Gasteiger charge is -2.08. The predicted molar refractivity (Wildman–Crippen MR) is 69.2 cm³/mol. The van der Waals surface area contributed by atoms with Crippen molar-refractivity contribution in [2.75, 3.05) is 20.3 Å². The van der Waals surface area contributed by atoms with Crippen molar-refractivity contribution < 1.29 is 4.74 Å². The molecule has 0 spiro atoms. The van der Waals surface area contributed by atoms with E-state index in [4.69, 9.17) is 4.74 Å². The molecule has 0 unspecified atom stereocenters. The third-order valence-electron chi connectivity index (χ3n) is 2.53. The van der Waals surface area contributed by atoms with Crippen LogP contribution in [-0.4, -0.2) is 29.8 Å². The molecule has 2 rings (SSSR count). The van der Waals surface area contributed by atoms with Gasteiger partial charge < -0.3 is 14.6 Å². The lowest BCUT2D eigenvalue weighted by molar-refractivity contribution is 0.199. The lowest BCUT2D eigenvalue weighted by atomic mass is 10.4. The molecule has 0 radical (unpaired) electrons. The molecule has 0 aliphatic carbocycles. The monoisotopic (exact) mass is 251 g/mol. The Bertz CT molecular complexity index is 425. The van der Waals surface area contributed by atoms with E-state index in [-0.39, 0.29) is 0 Å². The average molecular weight is 251 g/mol. The van der Waals surface area contributed by atoms with Gasteiger partial charge >= 0.3 is 0 Å². The first-order chi connectivity index (χ1) is 8.40. The number of nitrogens with zero attached hydrogens (tertiary/aromatic N) is 2. The predicted octanol–water partition coefficient (Wildman–Crippen LogP) is 1.73. The van der Waals surface area contributed by atoms with E-state index >= 15 is 0 Å². The maximum absolute atomic E-state index is 5.00. The molecule has 0 aliphatic rings. The van der Waals surface area contributed by atoms with Crippen LogP contribution in [0, 0.1) is 0 Å². The molecule has 0 aliphatic heterocycles. The van der Waals surface area contributed by atoms with Gasteiger partial charge in [0, 0.05) is 37.5 Å². The number of ether oxygens (including phenoxy) is 1. The second-order valence-electron chi connectivity index (χ2n) is 3.78. The van der Waals surface area contributed by atoms with E-state index in [0.29, 0.717) is 0 Å². The van der Waals surface area contributed by atoms with Gasteiger partial charge in [-0.25, -0.2) is 4.98 Å². The Hall–Kier alpha value is -1.17. The fourth-order valence-electron chi connectivity index (χ4n) is 1.65. The van der Waals surface area contributed by atoms with Gasteiger partial charge in [-0.15, -0.1) is 11.3 Å². The van der Waals surface area contributed by atoms with Crippen LogP contribution in [0.3, 0.4) is 0 Å². The maximum Gasteiger partial charge on any atom is 0.0795 e. The molecule has 0 saturated carbocycles. The van der Waals surface area contributed by atoms with Gasteiger partial charge in [-0.3, -0.25) is 0 Å². The molecule has 5 heteroatoms. The zero-order valence-electron chi connectivity index (χ0n) is 9.93. The molecule has 2 aromatic heterocycles. The highest BCUT2D eigenvalue weighted by Gasteiger charge is 2.02. The van der Waals surface area contributed by atoms with Crippen molar-refractivity contribution in [3.8, 4) is 0 Å². The molecule has 0 saturated heterocycles. The molecule has 17 heavy (non-hydrogen) atoms. The Morgan fingerprint density at radius 1 is 1.53 bits per heavy atom. The number of methoxy groups -OCH3 is 1. The number of hydrogen-bond donors (Lipinski definition) is 1. The normalized spacial score (nSPS) is 10.9. The summed E-state index contributed by atoms with van der Waals surface area (Å²) >= 11 is 1.64. The van der Waals surface area contributed by atoms with E-state index in [1.807, 2.05) is 5.51 Å². The summed E-state index contributed by atoms with van der Waals surface area (Å²) in [6.07, 6.45) is 2.09. The SMILES string of the molecule is COCCNCc1cccn1Cc1cscn1. The molecule has 1 N–H and O–H groups in total.